The van der Waals surface area contributed by atoms with Crippen LogP contribution in [0.5, 0.6) is 5.75 Å². The Balaban J connectivity index is 1.45. The van der Waals surface area contributed by atoms with E-state index in [9.17, 15) is 0 Å². The Hall–Kier alpha value is -2.35. The highest BCUT2D eigenvalue weighted by molar-refractivity contribution is 5.33. The molecular formula is C21H25N3O. The Kier molecular flexibility index (Phi) is 6.44. The van der Waals surface area contributed by atoms with Crippen molar-refractivity contribution in [3.8, 4) is 11.8 Å². The molecule has 1 aliphatic heterocycles. The van der Waals surface area contributed by atoms with E-state index in [0.717, 1.165) is 50.3 Å². The zero-order chi connectivity index (χ0) is 17.3. The first-order valence-corrected chi connectivity index (χ1v) is 8.92. The molecule has 2 aromatic rings. The molecule has 0 bridgehead atoms. The van der Waals surface area contributed by atoms with E-state index < -0.39 is 0 Å². The van der Waals surface area contributed by atoms with Crippen LogP contribution in [0.2, 0.25) is 0 Å². The number of hydrogen-bond donors (Lipinski definition) is 1. The molecule has 1 saturated heterocycles. The van der Waals surface area contributed by atoms with Crippen molar-refractivity contribution >= 4 is 0 Å². The Labute approximate surface area is 150 Å². The molecule has 2 aromatic carbocycles. The smallest absolute Gasteiger partial charge is 0.174 e. The number of rotatable bonds is 7. The number of ether oxygens (including phenoxy) is 1. The van der Waals surface area contributed by atoms with E-state index in [2.05, 4.69) is 46.6 Å². The summed E-state index contributed by atoms with van der Waals surface area (Å²) in [6.45, 7) is 4.16. The Morgan fingerprint density at radius 1 is 1.04 bits per heavy atom. The summed E-state index contributed by atoms with van der Waals surface area (Å²) in [5, 5.41) is 12.3. The summed E-state index contributed by atoms with van der Waals surface area (Å²) >= 11 is 0. The van der Waals surface area contributed by atoms with E-state index in [4.69, 9.17) is 10.00 Å². The van der Waals surface area contributed by atoms with Crippen molar-refractivity contribution in [1.82, 2.24) is 10.2 Å². The van der Waals surface area contributed by atoms with Gasteiger partial charge < -0.3 is 10.1 Å². The van der Waals surface area contributed by atoms with Crippen LogP contribution in [-0.2, 0) is 13.1 Å². The summed E-state index contributed by atoms with van der Waals surface area (Å²) in [5.74, 6) is 0.804. The van der Waals surface area contributed by atoms with Crippen molar-refractivity contribution < 1.29 is 4.74 Å². The van der Waals surface area contributed by atoms with Crippen LogP contribution in [0, 0.1) is 11.3 Å². The monoisotopic (exact) mass is 335 g/mol. The van der Waals surface area contributed by atoms with E-state index in [0.29, 0.717) is 6.04 Å². The highest BCUT2D eigenvalue weighted by Crippen LogP contribution is 2.19. The number of piperidine rings is 1. The molecule has 4 nitrogen and oxygen atoms in total. The fourth-order valence-corrected chi connectivity index (χ4v) is 3.29. The Morgan fingerprint density at radius 3 is 2.52 bits per heavy atom. The van der Waals surface area contributed by atoms with Crippen LogP contribution in [-0.4, -0.2) is 30.6 Å². The van der Waals surface area contributed by atoms with Gasteiger partial charge in [0, 0.05) is 24.7 Å². The molecular weight excluding hydrogens is 310 g/mol. The lowest BCUT2D eigenvalue weighted by Gasteiger charge is -2.32. The second-order valence-corrected chi connectivity index (χ2v) is 6.47. The summed E-state index contributed by atoms with van der Waals surface area (Å²) in [4.78, 5) is 2.53. The standard InChI is InChI=1S/C21H25N3O/c22-12-15-25-21-9-5-4-8-19(21)16-23-20-10-13-24(14-11-20)17-18-6-2-1-3-7-18/h1-9,20,23H,10-11,13-17H2. The normalized spacial score (nSPS) is 15.6. The third-order valence-electron chi connectivity index (χ3n) is 4.68. The molecule has 0 amide bonds. The van der Waals surface area contributed by atoms with Crippen molar-refractivity contribution in [3.63, 3.8) is 0 Å². The van der Waals surface area contributed by atoms with Crippen LogP contribution in [0.25, 0.3) is 0 Å². The van der Waals surface area contributed by atoms with E-state index >= 15 is 0 Å². The largest absolute Gasteiger partial charge is 0.478 e. The summed E-state index contributed by atoms with van der Waals surface area (Å²) in [6.07, 6.45) is 2.32. The minimum absolute atomic E-state index is 0.0922. The highest BCUT2D eigenvalue weighted by atomic mass is 16.5. The van der Waals surface area contributed by atoms with Crippen LogP contribution in [0.4, 0.5) is 0 Å². The van der Waals surface area contributed by atoms with E-state index in [1.165, 1.54) is 5.56 Å². The lowest BCUT2D eigenvalue weighted by Crippen LogP contribution is -2.41. The van der Waals surface area contributed by atoms with E-state index in [1.807, 2.05) is 24.3 Å². The number of nitriles is 1. The average Bonchev–Trinajstić information content (AvgIpc) is 2.67. The number of benzene rings is 2. The summed E-state index contributed by atoms with van der Waals surface area (Å²) in [6, 6.07) is 21.2. The van der Waals surface area contributed by atoms with E-state index in [1.54, 1.807) is 0 Å². The molecule has 1 heterocycles. The Bertz CT molecular complexity index is 688. The summed E-state index contributed by atoms with van der Waals surface area (Å²) in [5.41, 5.74) is 2.50. The fraction of sp³-hybridized carbons (Fsp3) is 0.381. The van der Waals surface area contributed by atoms with Gasteiger partial charge in [0.25, 0.3) is 0 Å². The van der Waals surface area contributed by atoms with Gasteiger partial charge in [-0.15, -0.1) is 0 Å². The minimum Gasteiger partial charge on any atom is -0.478 e. The predicted octanol–water partition coefficient (Wildman–Crippen LogP) is 3.34. The first kappa shape index (κ1) is 17.5. The van der Waals surface area contributed by atoms with Crippen molar-refractivity contribution in [3.05, 3.63) is 65.7 Å². The first-order chi connectivity index (χ1) is 12.3. The van der Waals surface area contributed by atoms with Gasteiger partial charge in [-0.2, -0.15) is 5.26 Å². The maximum atomic E-state index is 8.69. The zero-order valence-electron chi connectivity index (χ0n) is 14.5. The molecule has 0 aromatic heterocycles. The minimum atomic E-state index is 0.0922. The number of hydrogen-bond acceptors (Lipinski definition) is 4. The van der Waals surface area contributed by atoms with Gasteiger partial charge in [0.15, 0.2) is 6.61 Å². The third kappa shape index (κ3) is 5.32. The lowest BCUT2D eigenvalue weighted by molar-refractivity contribution is 0.190. The molecule has 0 atom stereocenters. The van der Waals surface area contributed by atoms with Gasteiger partial charge in [0.05, 0.1) is 0 Å². The molecule has 130 valence electrons. The van der Waals surface area contributed by atoms with Crippen molar-refractivity contribution in [1.29, 1.82) is 5.26 Å². The molecule has 1 aliphatic rings. The number of nitrogens with zero attached hydrogens (tertiary/aromatic N) is 2. The van der Waals surface area contributed by atoms with Gasteiger partial charge in [-0.25, -0.2) is 0 Å². The molecule has 3 rings (SSSR count). The highest BCUT2D eigenvalue weighted by Gasteiger charge is 2.19. The topological polar surface area (TPSA) is 48.3 Å². The third-order valence-corrected chi connectivity index (χ3v) is 4.68. The SMILES string of the molecule is N#CCOc1ccccc1CNC1CCN(Cc2ccccc2)CC1. The van der Waals surface area contributed by atoms with Crippen LogP contribution >= 0.6 is 0 Å². The molecule has 0 unspecified atom stereocenters. The fourth-order valence-electron chi connectivity index (χ4n) is 3.29. The summed E-state index contributed by atoms with van der Waals surface area (Å²) < 4.78 is 5.50. The van der Waals surface area contributed by atoms with Gasteiger partial charge in [0.2, 0.25) is 0 Å². The number of likely N-dealkylation sites (tertiary alicyclic amines) is 1. The maximum absolute atomic E-state index is 8.69. The first-order valence-electron chi connectivity index (χ1n) is 8.92. The molecule has 25 heavy (non-hydrogen) atoms. The Morgan fingerprint density at radius 2 is 1.76 bits per heavy atom. The van der Waals surface area contributed by atoms with Gasteiger partial charge in [-0.1, -0.05) is 48.5 Å². The number of nitrogens with one attached hydrogen (secondary N) is 1. The van der Waals surface area contributed by atoms with E-state index in [-0.39, 0.29) is 6.61 Å². The van der Waals surface area contributed by atoms with Gasteiger partial charge in [-0.3, -0.25) is 4.90 Å². The molecule has 0 spiro atoms. The molecule has 1 fully saturated rings. The van der Waals surface area contributed by atoms with Crippen molar-refractivity contribution in [2.24, 2.45) is 0 Å². The second-order valence-electron chi connectivity index (χ2n) is 6.47. The van der Waals surface area contributed by atoms with Gasteiger partial charge in [-0.05, 0) is 37.6 Å². The molecule has 1 N–H and O–H groups in total. The average molecular weight is 335 g/mol. The number of para-hydroxylation sites is 1. The van der Waals surface area contributed by atoms with Crippen molar-refractivity contribution in [2.45, 2.75) is 32.0 Å². The van der Waals surface area contributed by atoms with Crippen LogP contribution in [0.3, 0.4) is 0 Å². The van der Waals surface area contributed by atoms with Gasteiger partial charge >= 0.3 is 0 Å². The molecule has 0 radical (unpaired) electrons. The zero-order valence-corrected chi connectivity index (χ0v) is 14.5. The van der Waals surface area contributed by atoms with Crippen molar-refractivity contribution in [2.75, 3.05) is 19.7 Å². The van der Waals surface area contributed by atoms with Crippen LogP contribution in [0.1, 0.15) is 24.0 Å². The molecule has 0 aliphatic carbocycles. The second kappa shape index (κ2) is 9.22. The maximum Gasteiger partial charge on any atom is 0.174 e. The lowest BCUT2D eigenvalue weighted by atomic mass is 10.0. The summed E-state index contributed by atoms with van der Waals surface area (Å²) in [7, 11) is 0. The molecule has 0 saturated carbocycles. The van der Waals surface area contributed by atoms with Crippen LogP contribution in [0.15, 0.2) is 54.6 Å². The van der Waals surface area contributed by atoms with Gasteiger partial charge in [0.1, 0.15) is 11.8 Å². The van der Waals surface area contributed by atoms with Crippen LogP contribution < -0.4 is 10.1 Å². The quantitative estimate of drug-likeness (QED) is 0.843. The predicted molar refractivity (Wildman–Crippen MR) is 99.1 cm³/mol. The molecule has 4 heteroatoms.